The zero-order valence-electron chi connectivity index (χ0n) is 10.2. The van der Waals surface area contributed by atoms with Crippen molar-refractivity contribution in [2.75, 3.05) is 6.61 Å². The zero-order chi connectivity index (χ0) is 11.1. The number of hydrogen-bond donors (Lipinski definition) is 1. The number of ether oxygens (including phenoxy) is 1. The molecule has 16 heavy (non-hydrogen) atoms. The molecule has 3 heteroatoms. The average molecular weight is 242 g/mol. The molecule has 1 saturated carbocycles. The molecular formula is C13H20ClNO. The van der Waals surface area contributed by atoms with Crippen LogP contribution in [-0.4, -0.2) is 12.1 Å². The van der Waals surface area contributed by atoms with E-state index in [9.17, 15) is 0 Å². The van der Waals surface area contributed by atoms with E-state index in [4.69, 9.17) is 10.5 Å². The van der Waals surface area contributed by atoms with E-state index in [0.717, 1.165) is 18.6 Å². The van der Waals surface area contributed by atoms with Crippen molar-refractivity contribution in [2.45, 2.75) is 39.2 Å². The summed E-state index contributed by atoms with van der Waals surface area (Å²) in [5.74, 6) is 1.02. The Morgan fingerprint density at radius 2 is 1.75 bits per heavy atom. The Morgan fingerprint density at radius 3 is 2.31 bits per heavy atom. The number of nitrogens with two attached hydrogens (primary N) is 1. The van der Waals surface area contributed by atoms with Gasteiger partial charge in [-0.05, 0) is 50.3 Å². The van der Waals surface area contributed by atoms with Crippen molar-refractivity contribution < 1.29 is 4.74 Å². The number of hydrogen-bond acceptors (Lipinski definition) is 2. The van der Waals surface area contributed by atoms with Gasteiger partial charge in [-0.2, -0.15) is 0 Å². The summed E-state index contributed by atoms with van der Waals surface area (Å²) >= 11 is 0. The summed E-state index contributed by atoms with van der Waals surface area (Å²) in [6.45, 7) is 6.95. The van der Waals surface area contributed by atoms with Crippen molar-refractivity contribution in [3.8, 4) is 5.75 Å². The first-order valence-corrected chi connectivity index (χ1v) is 5.50. The fraction of sp³-hybridized carbons (Fsp3) is 0.538. The van der Waals surface area contributed by atoms with Crippen LogP contribution < -0.4 is 10.5 Å². The first kappa shape index (κ1) is 13.3. The predicted octanol–water partition coefficient (Wildman–Crippen LogP) is 2.90. The van der Waals surface area contributed by atoms with Crippen LogP contribution >= 0.6 is 12.4 Å². The van der Waals surface area contributed by atoms with Crippen molar-refractivity contribution in [3.05, 3.63) is 28.8 Å². The average Bonchev–Trinajstić information content (AvgIpc) is 2.91. The normalized spacial score (nSPS) is 16.5. The van der Waals surface area contributed by atoms with Gasteiger partial charge >= 0.3 is 0 Å². The number of halogens is 1. The highest BCUT2D eigenvalue weighted by atomic mass is 35.5. The number of benzene rings is 1. The van der Waals surface area contributed by atoms with Crippen LogP contribution in [0, 0.1) is 20.8 Å². The van der Waals surface area contributed by atoms with Crippen molar-refractivity contribution in [3.63, 3.8) is 0 Å². The molecule has 0 aromatic heterocycles. The Morgan fingerprint density at radius 1 is 1.19 bits per heavy atom. The molecule has 2 N–H and O–H groups in total. The van der Waals surface area contributed by atoms with Crippen molar-refractivity contribution >= 4 is 12.4 Å². The third-order valence-corrected chi connectivity index (χ3v) is 3.27. The molecule has 0 atom stereocenters. The molecule has 1 aromatic carbocycles. The highest BCUT2D eigenvalue weighted by Crippen LogP contribution is 2.34. The van der Waals surface area contributed by atoms with Crippen molar-refractivity contribution in [2.24, 2.45) is 5.73 Å². The second-order valence-corrected chi connectivity index (χ2v) is 4.80. The Bertz CT molecular complexity index is 386. The summed E-state index contributed by atoms with van der Waals surface area (Å²) in [7, 11) is 0. The third-order valence-electron chi connectivity index (χ3n) is 3.27. The van der Waals surface area contributed by atoms with Gasteiger partial charge in [0, 0.05) is 0 Å². The van der Waals surface area contributed by atoms with Gasteiger partial charge in [-0.1, -0.05) is 12.1 Å². The van der Waals surface area contributed by atoms with Gasteiger partial charge in [0.15, 0.2) is 0 Å². The summed E-state index contributed by atoms with van der Waals surface area (Å²) < 4.78 is 5.85. The first-order valence-electron chi connectivity index (χ1n) is 5.50. The maximum absolute atomic E-state index is 6.01. The van der Waals surface area contributed by atoms with E-state index < -0.39 is 0 Å². The molecule has 2 rings (SSSR count). The van der Waals surface area contributed by atoms with Gasteiger partial charge in [0.2, 0.25) is 0 Å². The van der Waals surface area contributed by atoms with E-state index >= 15 is 0 Å². The Kier molecular flexibility index (Phi) is 3.87. The molecule has 0 amide bonds. The van der Waals surface area contributed by atoms with Gasteiger partial charge in [-0.15, -0.1) is 12.4 Å². The van der Waals surface area contributed by atoms with Crippen LogP contribution in [0.1, 0.15) is 29.5 Å². The molecule has 2 nitrogen and oxygen atoms in total. The van der Waals surface area contributed by atoms with Crippen molar-refractivity contribution in [1.29, 1.82) is 0 Å². The molecule has 1 aliphatic rings. The Labute approximate surface area is 104 Å². The molecule has 0 spiro atoms. The van der Waals surface area contributed by atoms with Gasteiger partial charge in [0.1, 0.15) is 12.4 Å². The molecule has 1 fully saturated rings. The minimum absolute atomic E-state index is 0. The summed E-state index contributed by atoms with van der Waals surface area (Å²) in [4.78, 5) is 0. The van der Waals surface area contributed by atoms with Crippen LogP contribution in [0.5, 0.6) is 5.75 Å². The fourth-order valence-corrected chi connectivity index (χ4v) is 1.67. The first-order chi connectivity index (χ1) is 7.02. The maximum Gasteiger partial charge on any atom is 0.125 e. The van der Waals surface area contributed by atoms with Gasteiger partial charge in [-0.25, -0.2) is 0 Å². The highest BCUT2D eigenvalue weighted by molar-refractivity contribution is 5.85. The lowest BCUT2D eigenvalue weighted by Gasteiger charge is -2.16. The molecule has 0 heterocycles. The van der Waals surface area contributed by atoms with Crippen LogP contribution in [0.2, 0.25) is 0 Å². The van der Waals surface area contributed by atoms with E-state index in [1.165, 1.54) is 16.7 Å². The minimum atomic E-state index is -0.0391. The molecule has 1 aromatic rings. The molecular weight excluding hydrogens is 222 g/mol. The second kappa shape index (κ2) is 4.64. The molecule has 0 saturated heterocycles. The zero-order valence-corrected chi connectivity index (χ0v) is 11.0. The van der Waals surface area contributed by atoms with E-state index in [0.29, 0.717) is 6.61 Å². The lowest BCUT2D eigenvalue weighted by Crippen LogP contribution is -2.30. The van der Waals surface area contributed by atoms with E-state index in [1.54, 1.807) is 0 Å². The monoisotopic (exact) mass is 241 g/mol. The van der Waals surface area contributed by atoms with Crippen LogP contribution in [0.25, 0.3) is 0 Å². The lowest BCUT2D eigenvalue weighted by molar-refractivity contribution is 0.276. The Balaban J connectivity index is 0.00000128. The van der Waals surface area contributed by atoms with Gasteiger partial charge in [-0.3, -0.25) is 0 Å². The van der Waals surface area contributed by atoms with Crippen molar-refractivity contribution in [1.82, 2.24) is 0 Å². The lowest BCUT2D eigenvalue weighted by atomic mass is 10.1. The van der Waals surface area contributed by atoms with Crippen LogP contribution in [-0.2, 0) is 0 Å². The van der Waals surface area contributed by atoms with Crippen LogP contribution in [0.15, 0.2) is 12.1 Å². The van der Waals surface area contributed by atoms with E-state index in [1.807, 2.05) is 0 Å². The quantitative estimate of drug-likeness (QED) is 0.883. The molecule has 0 aliphatic heterocycles. The van der Waals surface area contributed by atoms with E-state index in [-0.39, 0.29) is 17.9 Å². The molecule has 1 aliphatic carbocycles. The third kappa shape index (κ3) is 2.69. The number of aryl methyl sites for hydroxylation is 2. The van der Waals surface area contributed by atoms with Gasteiger partial charge in [0.05, 0.1) is 5.54 Å². The SMILES string of the molecule is Cc1ccc(C)c(OCC2(N)CC2)c1C.Cl. The predicted molar refractivity (Wildman–Crippen MR) is 69.5 cm³/mol. The Hall–Kier alpha value is -0.730. The number of rotatable bonds is 3. The standard InChI is InChI=1S/C13H19NO.ClH/c1-9-4-5-10(2)12(11(9)3)15-8-13(14)6-7-13;/h4-5H,6-8,14H2,1-3H3;1H. The molecule has 0 radical (unpaired) electrons. The second-order valence-electron chi connectivity index (χ2n) is 4.80. The highest BCUT2D eigenvalue weighted by Gasteiger charge is 2.39. The van der Waals surface area contributed by atoms with Gasteiger partial charge < -0.3 is 10.5 Å². The van der Waals surface area contributed by atoms with Crippen LogP contribution in [0.3, 0.4) is 0 Å². The molecule has 0 unspecified atom stereocenters. The molecule has 0 bridgehead atoms. The summed E-state index contributed by atoms with van der Waals surface area (Å²) in [6.07, 6.45) is 2.19. The minimum Gasteiger partial charge on any atom is -0.491 e. The smallest absolute Gasteiger partial charge is 0.125 e. The summed E-state index contributed by atoms with van der Waals surface area (Å²) in [5, 5.41) is 0. The largest absolute Gasteiger partial charge is 0.491 e. The maximum atomic E-state index is 6.01. The summed E-state index contributed by atoms with van der Waals surface area (Å²) in [6, 6.07) is 4.24. The summed E-state index contributed by atoms with van der Waals surface area (Å²) in [5.41, 5.74) is 9.68. The molecule has 90 valence electrons. The fourth-order valence-electron chi connectivity index (χ4n) is 1.67. The van der Waals surface area contributed by atoms with Gasteiger partial charge in [0.25, 0.3) is 0 Å². The van der Waals surface area contributed by atoms with E-state index in [2.05, 4.69) is 32.9 Å². The topological polar surface area (TPSA) is 35.2 Å². The van der Waals surface area contributed by atoms with Crippen LogP contribution in [0.4, 0.5) is 0 Å².